The lowest BCUT2D eigenvalue weighted by atomic mass is 9.92. The number of aliphatic hydroxyl groups is 1. The van der Waals surface area contributed by atoms with Crippen LogP contribution in [0.4, 0.5) is 0 Å². The highest BCUT2D eigenvalue weighted by Crippen LogP contribution is 2.25. The summed E-state index contributed by atoms with van der Waals surface area (Å²) in [6.45, 7) is 4.82. The van der Waals surface area contributed by atoms with Crippen molar-refractivity contribution in [2.45, 2.75) is 23.8 Å². The Bertz CT molecular complexity index is 322. The summed E-state index contributed by atoms with van der Waals surface area (Å²) in [4.78, 5) is 3.65. The summed E-state index contributed by atoms with van der Waals surface area (Å²) < 4.78 is 0. The fourth-order valence-electron chi connectivity index (χ4n) is 1.98. The Hall–Kier alpha value is -0.510. The molecule has 2 rings (SSSR count). The second kappa shape index (κ2) is 5.21. The van der Waals surface area contributed by atoms with E-state index in [4.69, 9.17) is 0 Å². The highest BCUT2D eigenvalue weighted by Gasteiger charge is 2.38. The second-order valence-electron chi connectivity index (χ2n) is 4.45. The molecule has 0 spiro atoms. The summed E-state index contributed by atoms with van der Waals surface area (Å²) in [5.41, 5.74) is -0.391. The molecule has 1 aliphatic rings. The van der Waals surface area contributed by atoms with Gasteiger partial charge in [-0.1, -0.05) is 25.1 Å². The lowest BCUT2D eigenvalue weighted by Crippen LogP contribution is -2.61. The zero-order valence-electron chi connectivity index (χ0n) is 9.72. The van der Waals surface area contributed by atoms with E-state index in [-0.39, 0.29) is 0 Å². The highest BCUT2D eigenvalue weighted by atomic mass is 32.2. The molecule has 1 heterocycles. The molecule has 0 aliphatic carbocycles. The van der Waals surface area contributed by atoms with Gasteiger partial charge in [0.15, 0.2) is 0 Å². The van der Waals surface area contributed by atoms with Crippen molar-refractivity contribution in [2.24, 2.45) is 0 Å². The van der Waals surface area contributed by atoms with Gasteiger partial charge in [-0.25, -0.2) is 0 Å². The van der Waals surface area contributed by atoms with Gasteiger partial charge in [-0.2, -0.15) is 0 Å². The van der Waals surface area contributed by atoms with Crippen LogP contribution in [0.1, 0.15) is 13.3 Å². The SMILES string of the molecule is CCC1(O)CN(CCSc2ccccc2)C1. The van der Waals surface area contributed by atoms with Crippen LogP contribution >= 0.6 is 11.8 Å². The maximum absolute atomic E-state index is 9.86. The predicted molar refractivity (Wildman–Crippen MR) is 68.8 cm³/mol. The van der Waals surface area contributed by atoms with Crippen LogP contribution in [0.25, 0.3) is 0 Å². The molecule has 16 heavy (non-hydrogen) atoms. The Morgan fingerprint density at radius 1 is 1.31 bits per heavy atom. The predicted octanol–water partition coefficient (Wildman–Crippen LogP) is 2.24. The van der Waals surface area contributed by atoms with E-state index in [1.807, 2.05) is 17.8 Å². The van der Waals surface area contributed by atoms with Gasteiger partial charge in [0.25, 0.3) is 0 Å². The van der Waals surface area contributed by atoms with Crippen molar-refractivity contribution in [1.29, 1.82) is 0 Å². The maximum Gasteiger partial charge on any atom is 0.0897 e. The fraction of sp³-hybridized carbons (Fsp3) is 0.538. The van der Waals surface area contributed by atoms with Gasteiger partial charge in [0.05, 0.1) is 5.60 Å². The van der Waals surface area contributed by atoms with Crippen molar-refractivity contribution in [3.63, 3.8) is 0 Å². The average molecular weight is 237 g/mol. The molecule has 0 amide bonds. The Morgan fingerprint density at radius 3 is 2.62 bits per heavy atom. The summed E-state index contributed by atoms with van der Waals surface area (Å²) in [5, 5.41) is 9.86. The summed E-state index contributed by atoms with van der Waals surface area (Å²) >= 11 is 1.88. The van der Waals surface area contributed by atoms with Crippen LogP contribution in [0.5, 0.6) is 0 Å². The number of likely N-dealkylation sites (tertiary alicyclic amines) is 1. The molecule has 1 saturated heterocycles. The summed E-state index contributed by atoms with van der Waals surface area (Å²) in [5.74, 6) is 1.10. The first kappa shape index (κ1) is 12.0. The van der Waals surface area contributed by atoms with Gasteiger partial charge in [0.1, 0.15) is 0 Å². The molecule has 0 saturated carbocycles. The molecule has 0 radical (unpaired) electrons. The molecular weight excluding hydrogens is 218 g/mol. The van der Waals surface area contributed by atoms with Crippen molar-refractivity contribution in [2.75, 3.05) is 25.4 Å². The van der Waals surface area contributed by atoms with Crippen LogP contribution in [0, 0.1) is 0 Å². The maximum atomic E-state index is 9.86. The number of benzene rings is 1. The first-order valence-electron chi connectivity index (χ1n) is 5.84. The van der Waals surface area contributed by atoms with Gasteiger partial charge in [-0.15, -0.1) is 11.8 Å². The molecular formula is C13H19NOS. The van der Waals surface area contributed by atoms with E-state index in [0.29, 0.717) is 0 Å². The minimum Gasteiger partial charge on any atom is -0.387 e. The van der Waals surface area contributed by atoms with E-state index in [0.717, 1.165) is 31.8 Å². The van der Waals surface area contributed by atoms with Crippen molar-refractivity contribution in [1.82, 2.24) is 4.90 Å². The molecule has 1 fully saturated rings. The normalized spacial score (nSPS) is 19.4. The quantitative estimate of drug-likeness (QED) is 0.794. The molecule has 3 heteroatoms. The Labute approximate surface area is 102 Å². The second-order valence-corrected chi connectivity index (χ2v) is 5.62. The summed E-state index contributed by atoms with van der Waals surface area (Å²) in [6, 6.07) is 10.5. The van der Waals surface area contributed by atoms with Crippen molar-refractivity contribution < 1.29 is 5.11 Å². The van der Waals surface area contributed by atoms with E-state index in [1.165, 1.54) is 4.90 Å². The van der Waals surface area contributed by atoms with Crippen LogP contribution in [0.2, 0.25) is 0 Å². The van der Waals surface area contributed by atoms with Crippen LogP contribution in [0.15, 0.2) is 35.2 Å². The van der Waals surface area contributed by atoms with Crippen molar-refractivity contribution in [3.8, 4) is 0 Å². The third-order valence-corrected chi connectivity index (χ3v) is 4.11. The molecule has 1 aromatic carbocycles. The minimum atomic E-state index is -0.391. The van der Waals surface area contributed by atoms with Gasteiger partial charge in [0.2, 0.25) is 0 Å². The molecule has 0 bridgehead atoms. The van der Waals surface area contributed by atoms with Gasteiger partial charge in [-0.3, -0.25) is 4.90 Å². The zero-order chi connectivity index (χ0) is 11.4. The first-order valence-corrected chi connectivity index (χ1v) is 6.83. The smallest absolute Gasteiger partial charge is 0.0897 e. The number of hydrogen-bond acceptors (Lipinski definition) is 3. The average Bonchev–Trinajstić information content (AvgIpc) is 2.28. The Morgan fingerprint density at radius 2 is 2.00 bits per heavy atom. The third kappa shape index (κ3) is 3.00. The number of thioether (sulfide) groups is 1. The summed E-state index contributed by atoms with van der Waals surface area (Å²) in [7, 11) is 0. The highest BCUT2D eigenvalue weighted by molar-refractivity contribution is 7.99. The van der Waals surface area contributed by atoms with Crippen LogP contribution < -0.4 is 0 Å². The topological polar surface area (TPSA) is 23.5 Å². The fourth-order valence-corrected chi connectivity index (χ4v) is 2.91. The number of β-amino-alcohol motifs (C(OH)–C–C–N with tert-alkyl or cyclic N) is 1. The molecule has 88 valence electrons. The van der Waals surface area contributed by atoms with Gasteiger partial charge >= 0.3 is 0 Å². The van der Waals surface area contributed by atoms with Gasteiger partial charge in [-0.05, 0) is 18.6 Å². The molecule has 1 aliphatic heterocycles. The van der Waals surface area contributed by atoms with E-state index in [9.17, 15) is 5.11 Å². The largest absolute Gasteiger partial charge is 0.387 e. The van der Waals surface area contributed by atoms with Crippen LogP contribution in [-0.4, -0.2) is 41.0 Å². The summed E-state index contributed by atoms with van der Waals surface area (Å²) in [6.07, 6.45) is 0.870. The molecule has 2 nitrogen and oxygen atoms in total. The molecule has 1 aromatic rings. The minimum absolute atomic E-state index is 0.391. The van der Waals surface area contributed by atoms with Crippen LogP contribution in [0.3, 0.4) is 0 Å². The lowest BCUT2D eigenvalue weighted by molar-refractivity contribution is -0.0965. The monoisotopic (exact) mass is 237 g/mol. The molecule has 0 aromatic heterocycles. The van der Waals surface area contributed by atoms with Crippen molar-refractivity contribution in [3.05, 3.63) is 30.3 Å². The first-order chi connectivity index (χ1) is 7.72. The van der Waals surface area contributed by atoms with E-state index < -0.39 is 5.60 Å². The molecule has 0 atom stereocenters. The Balaban J connectivity index is 1.64. The van der Waals surface area contributed by atoms with Crippen LogP contribution in [-0.2, 0) is 0 Å². The standard InChI is InChI=1S/C13H19NOS/c1-2-13(15)10-14(11-13)8-9-16-12-6-4-3-5-7-12/h3-7,15H,2,8-11H2,1H3. The van der Waals surface area contributed by atoms with Gasteiger partial charge in [0, 0.05) is 30.3 Å². The van der Waals surface area contributed by atoms with Crippen molar-refractivity contribution >= 4 is 11.8 Å². The third-order valence-electron chi connectivity index (χ3n) is 3.11. The van der Waals surface area contributed by atoms with E-state index in [1.54, 1.807) is 0 Å². The van der Waals surface area contributed by atoms with Gasteiger partial charge < -0.3 is 5.11 Å². The lowest BCUT2D eigenvalue weighted by Gasteiger charge is -2.46. The number of hydrogen-bond donors (Lipinski definition) is 1. The number of rotatable bonds is 5. The van der Waals surface area contributed by atoms with E-state index in [2.05, 4.69) is 36.1 Å². The molecule has 0 unspecified atom stereocenters. The zero-order valence-corrected chi connectivity index (χ0v) is 10.5. The van der Waals surface area contributed by atoms with E-state index >= 15 is 0 Å². The Kier molecular flexibility index (Phi) is 3.90. The molecule has 1 N–H and O–H groups in total. The number of nitrogens with zero attached hydrogens (tertiary/aromatic N) is 1.